The molecule has 1 aliphatic rings. The zero-order valence-electron chi connectivity index (χ0n) is 9.73. The summed E-state index contributed by atoms with van der Waals surface area (Å²) >= 11 is 0. The van der Waals surface area contributed by atoms with Gasteiger partial charge in [-0.2, -0.15) is 0 Å². The molecule has 5 heteroatoms. The summed E-state index contributed by atoms with van der Waals surface area (Å²) in [4.78, 5) is 2.13. The third-order valence-electron chi connectivity index (χ3n) is 2.69. The Morgan fingerprint density at radius 1 is 1.53 bits per heavy atom. The molecule has 0 amide bonds. The highest BCUT2D eigenvalue weighted by molar-refractivity contribution is 7.90. The van der Waals surface area contributed by atoms with Crippen LogP contribution in [0.5, 0.6) is 0 Å². The maximum absolute atomic E-state index is 11.1. The highest BCUT2D eigenvalue weighted by atomic mass is 32.2. The molecule has 0 aromatic carbocycles. The molecule has 0 bridgehead atoms. The molecular formula is C10H21NO3S. The molecule has 0 aliphatic carbocycles. The lowest BCUT2D eigenvalue weighted by Crippen LogP contribution is -2.33. The number of β-amino-alcohol motifs (C(OH)–C–C–N with tert-alkyl or cyclic N) is 1. The fraction of sp³-hybridized carbons (Fsp3) is 1.00. The second-order valence-electron chi connectivity index (χ2n) is 5.18. The normalized spacial score (nSPS) is 30.7. The lowest BCUT2D eigenvalue weighted by molar-refractivity contribution is 0.0674. The number of rotatable bonds is 4. The molecule has 15 heavy (non-hydrogen) atoms. The van der Waals surface area contributed by atoms with Crippen molar-refractivity contribution in [2.24, 2.45) is 5.92 Å². The third-order valence-corrected chi connectivity index (χ3v) is 3.86. The van der Waals surface area contributed by atoms with E-state index in [2.05, 4.69) is 4.90 Å². The Balaban J connectivity index is 2.37. The largest absolute Gasteiger partial charge is 0.389 e. The number of sulfone groups is 1. The van der Waals surface area contributed by atoms with E-state index in [0.717, 1.165) is 19.5 Å². The fourth-order valence-corrected chi connectivity index (χ4v) is 3.34. The first-order valence-corrected chi connectivity index (χ1v) is 7.36. The minimum atomic E-state index is -2.88. The van der Waals surface area contributed by atoms with Crippen LogP contribution in [0.25, 0.3) is 0 Å². The van der Waals surface area contributed by atoms with E-state index in [1.807, 2.05) is 13.8 Å². The Hall–Kier alpha value is -0.130. The number of aliphatic hydroxyl groups is 1. The molecule has 0 aromatic heterocycles. The van der Waals surface area contributed by atoms with Gasteiger partial charge in [-0.3, -0.25) is 0 Å². The predicted molar refractivity (Wildman–Crippen MR) is 60.6 cm³/mol. The molecule has 1 saturated heterocycles. The van der Waals surface area contributed by atoms with Gasteiger partial charge in [0.05, 0.1) is 11.4 Å². The lowest BCUT2D eigenvalue weighted by Gasteiger charge is -2.21. The molecule has 0 radical (unpaired) electrons. The molecule has 0 spiro atoms. The van der Waals surface area contributed by atoms with E-state index in [-0.39, 0.29) is 11.7 Å². The van der Waals surface area contributed by atoms with Crippen molar-refractivity contribution in [3.8, 4) is 0 Å². The average Bonchev–Trinajstić information content (AvgIpc) is 2.25. The van der Waals surface area contributed by atoms with Gasteiger partial charge in [-0.1, -0.05) is 6.92 Å². The predicted octanol–water partition coefficient (Wildman–Crippen LogP) is 0.124. The van der Waals surface area contributed by atoms with Crippen molar-refractivity contribution in [1.29, 1.82) is 0 Å². The Morgan fingerprint density at radius 3 is 2.53 bits per heavy atom. The van der Waals surface area contributed by atoms with Gasteiger partial charge in [-0.15, -0.1) is 0 Å². The lowest BCUT2D eigenvalue weighted by atomic mass is 10.1. The average molecular weight is 235 g/mol. The second kappa shape index (κ2) is 4.39. The Kier molecular flexibility index (Phi) is 3.79. The zero-order chi connectivity index (χ0) is 11.7. The topological polar surface area (TPSA) is 57.6 Å². The van der Waals surface area contributed by atoms with E-state index < -0.39 is 15.4 Å². The van der Waals surface area contributed by atoms with Gasteiger partial charge in [-0.25, -0.2) is 8.42 Å². The van der Waals surface area contributed by atoms with Crippen LogP contribution in [0.2, 0.25) is 0 Å². The Labute approximate surface area is 92.2 Å². The van der Waals surface area contributed by atoms with Gasteiger partial charge in [0.15, 0.2) is 0 Å². The van der Waals surface area contributed by atoms with Crippen LogP contribution < -0.4 is 0 Å². The standard InChI is InChI=1S/C10H21NO3S/c1-9(7-15(3,13)14)6-11-5-4-10(2,12)8-11/h9,12H,4-8H2,1-3H3. The van der Waals surface area contributed by atoms with Crippen LogP contribution in [0, 0.1) is 5.92 Å². The maximum Gasteiger partial charge on any atom is 0.147 e. The van der Waals surface area contributed by atoms with Crippen molar-refractivity contribution in [1.82, 2.24) is 4.90 Å². The minimum Gasteiger partial charge on any atom is -0.389 e. The van der Waals surface area contributed by atoms with Crippen LogP contribution in [0.4, 0.5) is 0 Å². The summed E-state index contributed by atoms with van der Waals surface area (Å²) in [6, 6.07) is 0. The van der Waals surface area contributed by atoms with E-state index in [0.29, 0.717) is 6.54 Å². The van der Waals surface area contributed by atoms with E-state index in [1.54, 1.807) is 0 Å². The first-order chi connectivity index (χ1) is 6.68. The molecule has 1 fully saturated rings. The van der Waals surface area contributed by atoms with Gasteiger partial charge in [-0.05, 0) is 19.3 Å². The molecule has 2 unspecified atom stereocenters. The van der Waals surface area contributed by atoms with Crippen LogP contribution >= 0.6 is 0 Å². The van der Waals surface area contributed by atoms with Crippen LogP contribution in [-0.2, 0) is 9.84 Å². The first-order valence-electron chi connectivity index (χ1n) is 5.30. The summed E-state index contributed by atoms with van der Waals surface area (Å²) in [7, 11) is -2.88. The SMILES string of the molecule is CC(CN1CCC(C)(O)C1)CS(C)(=O)=O. The molecule has 1 aliphatic heterocycles. The van der Waals surface area contributed by atoms with Crippen LogP contribution in [0.15, 0.2) is 0 Å². The molecule has 2 atom stereocenters. The van der Waals surface area contributed by atoms with Crippen molar-refractivity contribution in [3.05, 3.63) is 0 Å². The van der Waals surface area contributed by atoms with Crippen molar-refractivity contribution < 1.29 is 13.5 Å². The molecule has 0 aromatic rings. The van der Waals surface area contributed by atoms with E-state index in [1.165, 1.54) is 6.26 Å². The van der Waals surface area contributed by atoms with Gasteiger partial charge in [0, 0.05) is 25.9 Å². The highest BCUT2D eigenvalue weighted by Crippen LogP contribution is 2.21. The summed E-state index contributed by atoms with van der Waals surface area (Å²) < 4.78 is 22.1. The fourth-order valence-electron chi connectivity index (χ4n) is 2.20. The van der Waals surface area contributed by atoms with Gasteiger partial charge >= 0.3 is 0 Å². The first kappa shape index (κ1) is 12.9. The van der Waals surface area contributed by atoms with E-state index in [9.17, 15) is 13.5 Å². The molecule has 1 heterocycles. The number of nitrogens with zero attached hydrogens (tertiary/aromatic N) is 1. The molecule has 90 valence electrons. The van der Waals surface area contributed by atoms with Crippen molar-refractivity contribution in [3.63, 3.8) is 0 Å². The molecule has 0 saturated carbocycles. The smallest absolute Gasteiger partial charge is 0.147 e. The number of hydrogen-bond acceptors (Lipinski definition) is 4. The van der Waals surface area contributed by atoms with Gasteiger partial charge in [0.1, 0.15) is 9.84 Å². The molecule has 4 nitrogen and oxygen atoms in total. The quantitative estimate of drug-likeness (QED) is 0.752. The Bertz CT molecular complexity index is 311. The highest BCUT2D eigenvalue weighted by Gasteiger charge is 2.31. The molecular weight excluding hydrogens is 214 g/mol. The number of likely N-dealkylation sites (tertiary alicyclic amines) is 1. The number of hydrogen-bond donors (Lipinski definition) is 1. The third kappa shape index (κ3) is 4.95. The zero-order valence-corrected chi connectivity index (χ0v) is 10.5. The van der Waals surface area contributed by atoms with Crippen LogP contribution in [-0.4, -0.2) is 55.7 Å². The van der Waals surface area contributed by atoms with Crippen LogP contribution in [0.1, 0.15) is 20.3 Å². The monoisotopic (exact) mass is 235 g/mol. The minimum absolute atomic E-state index is 0.133. The van der Waals surface area contributed by atoms with Crippen molar-refractivity contribution in [2.75, 3.05) is 31.6 Å². The van der Waals surface area contributed by atoms with Crippen molar-refractivity contribution >= 4 is 9.84 Å². The van der Waals surface area contributed by atoms with E-state index >= 15 is 0 Å². The van der Waals surface area contributed by atoms with Crippen molar-refractivity contribution in [2.45, 2.75) is 25.9 Å². The summed E-state index contributed by atoms with van der Waals surface area (Å²) in [5, 5.41) is 9.75. The summed E-state index contributed by atoms with van der Waals surface area (Å²) in [5.41, 5.74) is -0.592. The van der Waals surface area contributed by atoms with Gasteiger partial charge in [0.2, 0.25) is 0 Å². The second-order valence-corrected chi connectivity index (χ2v) is 7.36. The summed E-state index contributed by atoms with van der Waals surface area (Å²) in [6.07, 6.45) is 2.04. The van der Waals surface area contributed by atoms with E-state index in [4.69, 9.17) is 0 Å². The van der Waals surface area contributed by atoms with Gasteiger partial charge < -0.3 is 10.0 Å². The van der Waals surface area contributed by atoms with Crippen LogP contribution in [0.3, 0.4) is 0 Å². The Morgan fingerprint density at radius 2 is 2.13 bits per heavy atom. The van der Waals surface area contributed by atoms with Gasteiger partial charge in [0.25, 0.3) is 0 Å². The molecule has 1 N–H and O–H groups in total. The molecule has 1 rings (SSSR count). The summed E-state index contributed by atoms with van der Waals surface area (Å²) in [6.45, 7) is 6.04. The summed E-state index contributed by atoms with van der Waals surface area (Å²) in [5.74, 6) is 0.361. The maximum atomic E-state index is 11.1.